The van der Waals surface area contributed by atoms with Gasteiger partial charge in [-0.25, -0.2) is 4.79 Å². The van der Waals surface area contributed by atoms with Crippen LogP contribution >= 0.6 is 0 Å². The summed E-state index contributed by atoms with van der Waals surface area (Å²) < 4.78 is 0. The molecule has 1 aliphatic heterocycles. The van der Waals surface area contributed by atoms with E-state index in [9.17, 15) is 14.7 Å². The number of likely N-dealkylation sites (tertiary alicyclic amines) is 1. The molecule has 2 N–H and O–H groups in total. The average molecular weight is 277 g/mol. The molecule has 5 heteroatoms. The predicted octanol–water partition coefficient (Wildman–Crippen LogP) is 0.974. The summed E-state index contributed by atoms with van der Waals surface area (Å²) in [5.41, 5.74) is 2.21. The van der Waals surface area contributed by atoms with Crippen LogP contribution in [-0.2, 0) is 16.0 Å². The summed E-state index contributed by atoms with van der Waals surface area (Å²) in [6, 6.07) is 6.93. The second-order valence-electron chi connectivity index (χ2n) is 5.22. The SMILES string of the molecule is Cc1ccccc1CCC(=O)N1CC(O)C[C@H]1C(=O)O. The van der Waals surface area contributed by atoms with Crippen LogP contribution in [0, 0.1) is 6.92 Å². The van der Waals surface area contributed by atoms with E-state index in [-0.39, 0.29) is 25.3 Å². The van der Waals surface area contributed by atoms with Crippen LogP contribution in [0.1, 0.15) is 24.0 Å². The number of hydrogen-bond acceptors (Lipinski definition) is 3. The first-order valence-corrected chi connectivity index (χ1v) is 6.74. The predicted molar refractivity (Wildman–Crippen MR) is 73.3 cm³/mol. The van der Waals surface area contributed by atoms with Gasteiger partial charge >= 0.3 is 5.97 Å². The molecule has 1 saturated heterocycles. The zero-order valence-corrected chi connectivity index (χ0v) is 11.5. The van der Waals surface area contributed by atoms with E-state index in [2.05, 4.69) is 0 Å². The van der Waals surface area contributed by atoms with E-state index in [0.29, 0.717) is 6.42 Å². The van der Waals surface area contributed by atoms with Gasteiger partial charge in [-0.3, -0.25) is 4.79 Å². The van der Waals surface area contributed by atoms with Gasteiger partial charge in [-0.1, -0.05) is 24.3 Å². The first-order valence-electron chi connectivity index (χ1n) is 6.74. The Kier molecular flexibility index (Phi) is 4.39. The van der Waals surface area contributed by atoms with Gasteiger partial charge in [0.05, 0.1) is 6.10 Å². The minimum atomic E-state index is -1.05. The lowest BCUT2D eigenvalue weighted by Crippen LogP contribution is -2.40. The molecule has 1 unspecified atom stereocenters. The maximum atomic E-state index is 12.1. The topological polar surface area (TPSA) is 77.8 Å². The molecular formula is C15H19NO4. The molecule has 0 radical (unpaired) electrons. The van der Waals surface area contributed by atoms with Gasteiger partial charge in [-0.15, -0.1) is 0 Å². The third kappa shape index (κ3) is 3.17. The number of carbonyl (C=O) groups is 2. The number of carboxylic acid groups (broad SMARTS) is 1. The Labute approximate surface area is 117 Å². The summed E-state index contributed by atoms with van der Waals surface area (Å²) in [4.78, 5) is 24.5. The van der Waals surface area contributed by atoms with Gasteiger partial charge in [-0.05, 0) is 24.5 Å². The number of amides is 1. The van der Waals surface area contributed by atoms with Crippen molar-refractivity contribution in [2.45, 2.75) is 38.3 Å². The van der Waals surface area contributed by atoms with Crippen LogP contribution in [0.4, 0.5) is 0 Å². The lowest BCUT2D eigenvalue weighted by Gasteiger charge is -2.21. The zero-order valence-electron chi connectivity index (χ0n) is 11.5. The van der Waals surface area contributed by atoms with Crippen LogP contribution in [0.15, 0.2) is 24.3 Å². The highest BCUT2D eigenvalue weighted by atomic mass is 16.4. The Bertz CT molecular complexity index is 514. The summed E-state index contributed by atoms with van der Waals surface area (Å²) in [7, 11) is 0. The number of aliphatic hydroxyl groups excluding tert-OH is 1. The molecule has 0 aromatic heterocycles. The molecular weight excluding hydrogens is 258 g/mol. The van der Waals surface area contributed by atoms with E-state index in [4.69, 9.17) is 5.11 Å². The Morgan fingerprint density at radius 2 is 2.05 bits per heavy atom. The molecule has 1 aromatic carbocycles. The maximum Gasteiger partial charge on any atom is 0.326 e. The quantitative estimate of drug-likeness (QED) is 0.859. The minimum Gasteiger partial charge on any atom is -0.480 e. The molecule has 2 rings (SSSR count). The fourth-order valence-electron chi connectivity index (χ4n) is 2.60. The van der Waals surface area contributed by atoms with E-state index in [0.717, 1.165) is 11.1 Å². The van der Waals surface area contributed by atoms with Crippen LogP contribution in [0.25, 0.3) is 0 Å². The van der Waals surface area contributed by atoms with Crippen molar-refractivity contribution in [1.82, 2.24) is 4.90 Å². The molecule has 0 bridgehead atoms. The number of nitrogens with zero attached hydrogens (tertiary/aromatic N) is 1. The van der Waals surface area contributed by atoms with Gasteiger partial charge in [0.15, 0.2) is 0 Å². The largest absolute Gasteiger partial charge is 0.480 e. The molecule has 20 heavy (non-hydrogen) atoms. The van der Waals surface area contributed by atoms with Crippen molar-refractivity contribution in [2.75, 3.05) is 6.54 Å². The van der Waals surface area contributed by atoms with E-state index in [1.165, 1.54) is 4.90 Å². The van der Waals surface area contributed by atoms with Crippen molar-refractivity contribution in [1.29, 1.82) is 0 Å². The van der Waals surface area contributed by atoms with Crippen LogP contribution < -0.4 is 0 Å². The second-order valence-corrected chi connectivity index (χ2v) is 5.22. The van der Waals surface area contributed by atoms with Crippen molar-refractivity contribution in [2.24, 2.45) is 0 Å². The van der Waals surface area contributed by atoms with Crippen LogP contribution in [0.5, 0.6) is 0 Å². The monoisotopic (exact) mass is 277 g/mol. The normalized spacial score (nSPS) is 22.0. The molecule has 1 heterocycles. The summed E-state index contributed by atoms with van der Waals surface area (Å²) in [6.07, 6.45) is 0.232. The number of β-amino-alcohol motifs (C(OH)–C–C–N with tert-alkyl or cyclic N) is 1. The molecule has 1 aliphatic rings. The van der Waals surface area contributed by atoms with E-state index in [1.807, 2.05) is 31.2 Å². The maximum absolute atomic E-state index is 12.1. The van der Waals surface area contributed by atoms with Crippen molar-refractivity contribution in [3.05, 3.63) is 35.4 Å². The van der Waals surface area contributed by atoms with Crippen LogP contribution in [-0.4, -0.2) is 45.7 Å². The number of aliphatic hydroxyl groups is 1. The van der Waals surface area contributed by atoms with Crippen molar-refractivity contribution in [3.63, 3.8) is 0 Å². The summed E-state index contributed by atoms with van der Waals surface area (Å²) >= 11 is 0. The average Bonchev–Trinajstić information content (AvgIpc) is 2.80. The van der Waals surface area contributed by atoms with Gasteiger partial charge in [0.25, 0.3) is 0 Å². The first-order chi connectivity index (χ1) is 9.49. The second kappa shape index (κ2) is 6.05. The lowest BCUT2D eigenvalue weighted by molar-refractivity contribution is -0.148. The van der Waals surface area contributed by atoms with E-state index < -0.39 is 18.1 Å². The van der Waals surface area contributed by atoms with Gasteiger partial charge in [0.2, 0.25) is 5.91 Å². The van der Waals surface area contributed by atoms with Gasteiger partial charge in [0, 0.05) is 19.4 Å². The number of rotatable bonds is 4. The molecule has 1 amide bonds. The van der Waals surface area contributed by atoms with Crippen molar-refractivity contribution < 1.29 is 19.8 Å². The highest BCUT2D eigenvalue weighted by Gasteiger charge is 2.38. The number of carbonyl (C=O) groups excluding carboxylic acids is 1. The Morgan fingerprint density at radius 1 is 1.35 bits per heavy atom. The molecule has 1 aromatic rings. The highest BCUT2D eigenvalue weighted by Crippen LogP contribution is 2.20. The third-order valence-electron chi connectivity index (χ3n) is 3.75. The standard InChI is InChI=1S/C15H19NO4/c1-10-4-2-3-5-11(10)6-7-14(18)16-9-12(17)8-13(16)15(19)20/h2-5,12-13,17H,6-9H2,1H3,(H,19,20)/t12?,13-/m0/s1. The fraction of sp³-hybridized carbons (Fsp3) is 0.467. The van der Waals surface area contributed by atoms with Gasteiger partial charge in [-0.2, -0.15) is 0 Å². The van der Waals surface area contributed by atoms with Crippen molar-refractivity contribution >= 4 is 11.9 Å². The summed E-state index contributed by atoms with van der Waals surface area (Å²) in [5.74, 6) is -1.26. The molecule has 0 aliphatic carbocycles. The minimum absolute atomic E-state index is 0.115. The first kappa shape index (κ1) is 14.5. The van der Waals surface area contributed by atoms with Gasteiger partial charge in [0.1, 0.15) is 6.04 Å². The highest BCUT2D eigenvalue weighted by molar-refractivity contribution is 5.84. The number of benzene rings is 1. The number of carboxylic acids is 1. The molecule has 1 fully saturated rings. The van der Waals surface area contributed by atoms with E-state index in [1.54, 1.807) is 0 Å². The fourth-order valence-corrected chi connectivity index (χ4v) is 2.60. The number of aliphatic carboxylic acids is 1. The lowest BCUT2D eigenvalue weighted by atomic mass is 10.0. The number of aryl methyl sites for hydroxylation is 2. The third-order valence-corrected chi connectivity index (χ3v) is 3.75. The molecule has 0 saturated carbocycles. The Morgan fingerprint density at radius 3 is 2.70 bits per heavy atom. The van der Waals surface area contributed by atoms with Crippen LogP contribution in [0.3, 0.4) is 0 Å². The number of hydrogen-bond donors (Lipinski definition) is 2. The molecule has 0 spiro atoms. The Hall–Kier alpha value is -1.88. The summed E-state index contributed by atoms with van der Waals surface area (Å²) in [6.45, 7) is 2.10. The van der Waals surface area contributed by atoms with Gasteiger partial charge < -0.3 is 15.1 Å². The molecule has 2 atom stereocenters. The Balaban J connectivity index is 1.98. The molecule has 108 valence electrons. The zero-order chi connectivity index (χ0) is 14.7. The van der Waals surface area contributed by atoms with Crippen molar-refractivity contribution in [3.8, 4) is 0 Å². The van der Waals surface area contributed by atoms with Crippen LogP contribution in [0.2, 0.25) is 0 Å². The smallest absolute Gasteiger partial charge is 0.326 e. The molecule has 5 nitrogen and oxygen atoms in total. The summed E-state index contributed by atoms with van der Waals surface area (Å²) in [5, 5.41) is 18.6. The van der Waals surface area contributed by atoms with E-state index >= 15 is 0 Å².